The molecule has 1 amide bonds. The molecule has 1 saturated heterocycles. The van der Waals surface area contributed by atoms with Gasteiger partial charge in [-0.1, -0.05) is 23.2 Å². The normalized spacial score (nSPS) is 20.2. The van der Waals surface area contributed by atoms with Crippen molar-refractivity contribution in [1.82, 2.24) is 10.6 Å². The van der Waals surface area contributed by atoms with E-state index >= 15 is 0 Å². The average molecular weight is 317 g/mol. The lowest BCUT2D eigenvalue weighted by Crippen LogP contribution is -2.49. The molecule has 2 unspecified atom stereocenters. The van der Waals surface area contributed by atoms with Gasteiger partial charge in [-0.3, -0.25) is 4.79 Å². The largest absolute Gasteiger partial charge is 0.479 e. The maximum absolute atomic E-state index is 12.1. The van der Waals surface area contributed by atoms with Crippen molar-refractivity contribution in [3.8, 4) is 5.75 Å². The molecule has 1 heterocycles. The number of halogens is 2. The van der Waals surface area contributed by atoms with Gasteiger partial charge in [0.1, 0.15) is 5.75 Å². The second-order valence-corrected chi connectivity index (χ2v) is 5.73. The monoisotopic (exact) mass is 316 g/mol. The second kappa shape index (κ2) is 7.16. The van der Waals surface area contributed by atoms with Gasteiger partial charge in [-0.2, -0.15) is 0 Å². The summed E-state index contributed by atoms with van der Waals surface area (Å²) in [5.41, 5.74) is 0. The van der Waals surface area contributed by atoms with Gasteiger partial charge in [0.15, 0.2) is 6.10 Å². The molecule has 2 N–H and O–H groups in total. The maximum atomic E-state index is 12.1. The van der Waals surface area contributed by atoms with Crippen molar-refractivity contribution < 1.29 is 9.53 Å². The first-order valence-corrected chi connectivity index (χ1v) is 7.44. The average Bonchev–Trinajstić information content (AvgIpc) is 2.43. The molecule has 2 rings (SSSR count). The SMILES string of the molecule is CC(Oc1ccc(Cl)cc1Cl)C(=O)NC1CCCNC1. The van der Waals surface area contributed by atoms with Gasteiger partial charge in [0.05, 0.1) is 5.02 Å². The highest BCUT2D eigenvalue weighted by atomic mass is 35.5. The summed E-state index contributed by atoms with van der Waals surface area (Å²) >= 11 is 11.8. The van der Waals surface area contributed by atoms with Crippen LogP contribution in [-0.4, -0.2) is 31.1 Å². The summed E-state index contributed by atoms with van der Waals surface area (Å²) < 4.78 is 5.58. The highest BCUT2D eigenvalue weighted by Crippen LogP contribution is 2.28. The van der Waals surface area contributed by atoms with Crippen molar-refractivity contribution in [2.45, 2.75) is 31.9 Å². The third-order valence-electron chi connectivity index (χ3n) is 3.21. The van der Waals surface area contributed by atoms with Crippen LogP contribution in [0.2, 0.25) is 10.0 Å². The molecule has 0 bridgehead atoms. The Morgan fingerprint density at radius 2 is 2.30 bits per heavy atom. The second-order valence-electron chi connectivity index (χ2n) is 4.89. The van der Waals surface area contributed by atoms with Crippen LogP contribution in [0, 0.1) is 0 Å². The van der Waals surface area contributed by atoms with E-state index in [1.165, 1.54) is 0 Å². The molecule has 4 nitrogen and oxygen atoms in total. The van der Waals surface area contributed by atoms with E-state index in [-0.39, 0.29) is 11.9 Å². The number of hydrogen-bond donors (Lipinski definition) is 2. The van der Waals surface area contributed by atoms with Gasteiger partial charge in [-0.05, 0) is 44.5 Å². The van der Waals surface area contributed by atoms with E-state index < -0.39 is 6.10 Å². The zero-order valence-corrected chi connectivity index (χ0v) is 12.8. The Kier molecular flexibility index (Phi) is 5.52. The van der Waals surface area contributed by atoms with E-state index in [1.54, 1.807) is 25.1 Å². The number of piperidine rings is 1. The molecule has 2 atom stereocenters. The number of nitrogens with one attached hydrogen (secondary N) is 2. The van der Waals surface area contributed by atoms with Gasteiger partial charge in [-0.25, -0.2) is 0 Å². The molecule has 1 fully saturated rings. The number of carbonyl (C=O) groups excluding carboxylic acids is 1. The number of benzene rings is 1. The van der Waals surface area contributed by atoms with Crippen LogP contribution in [0.15, 0.2) is 18.2 Å². The fourth-order valence-corrected chi connectivity index (χ4v) is 2.56. The summed E-state index contributed by atoms with van der Waals surface area (Å²) in [5, 5.41) is 7.16. The lowest BCUT2D eigenvalue weighted by molar-refractivity contribution is -0.128. The Morgan fingerprint density at radius 3 is 2.95 bits per heavy atom. The first kappa shape index (κ1) is 15.4. The lowest BCUT2D eigenvalue weighted by Gasteiger charge is -2.25. The summed E-state index contributed by atoms with van der Waals surface area (Å²) in [4.78, 5) is 12.1. The van der Waals surface area contributed by atoms with E-state index in [4.69, 9.17) is 27.9 Å². The molecule has 1 aliphatic heterocycles. The Hall–Kier alpha value is -0.970. The quantitative estimate of drug-likeness (QED) is 0.897. The minimum absolute atomic E-state index is 0.135. The number of hydrogen-bond acceptors (Lipinski definition) is 3. The standard InChI is InChI=1S/C14H18Cl2N2O2/c1-9(14(19)18-11-3-2-6-17-8-11)20-13-5-4-10(15)7-12(13)16/h4-5,7,9,11,17H,2-3,6,8H2,1H3,(H,18,19). The van der Waals surface area contributed by atoms with Crippen LogP contribution >= 0.6 is 23.2 Å². The third-order valence-corrected chi connectivity index (χ3v) is 3.74. The maximum Gasteiger partial charge on any atom is 0.261 e. The summed E-state index contributed by atoms with van der Waals surface area (Å²) in [7, 11) is 0. The summed E-state index contributed by atoms with van der Waals surface area (Å²) in [6, 6.07) is 5.10. The topological polar surface area (TPSA) is 50.4 Å². The van der Waals surface area contributed by atoms with E-state index in [9.17, 15) is 4.79 Å². The number of carbonyl (C=O) groups is 1. The van der Waals surface area contributed by atoms with E-state index in [1.807, 2.05) is 0 Å². The molecule has 0 aliphatic carbocycles. The highest BCUT2D eigenvalue weighted by molar-refractivity contribution is 6.35. The van der Waals surface area contributed by atoms with Gasteiger partial charge < -0.3 is 15.4 Å². The summed E-state index contributed by atoms with van der Waals surface area (Å²) in [6.07, 6.45) is 1.46. The predicted octanol–water partition coefficient (Wildman–Crippen LogP) is 2.63. The van der Waals surface area contributed by atoms with Crippen LogP contribution in [0.3, 0.4) is 0 Å². The van der Waals surface area contributed by atoms with Crippen LogP contribution in [-0.2, 0) is 4.79 Å². The van der Waals surface area contributed by atoms with Gasteiger partial charge >= 0.3 is 0 Å². The molecule has 1 aromatic carbocycles. The molecule has 20 heavy (non-hydrogen) atoms. The van der Waals surface area contributed by atoms with Crippen molar-refractivity contribution in [3.63, 3.8) is 0 Å². The van der Waals surface area contributed by atoms with Crippen LogP contribution < -0.4 is 15.4 Å². The Bertz CT molecular complexity index is 476. The minimum atomic E-state index is -0.601. The summed E-state index contributed by atoms with van der Waals surface area (Å²) in [5.74, 6) is 0.324. The molecule has 0 spiro atoms. The third kappa shape index (κ3) is 4.27. The number of ether oxygens (including phenoxy) is 1. The van der Waals surface area contributed by atoms with E-state index in [2.05, 4.69) is 10.6 Å². The van der Waals surface area contributed by atoms with Crippen LogP contribution in [0.1, 0.15) is 19.8 Å². The van der Waals surface area contributed by atoms with Crippen molar-refractivity contribution in [2.24, 2.45) is 0 Å². The van der Waals surface area contributed by atoms with Crippen molar-refractivity contribution >= 4 is 29.1 Å². The molecule has 0 radical (unpaired) electrons. The predicted molar refractivity (Wildman–Crippen MR) is 80.6 cm³/mol. The van der Waals surface area contributed by atoms with Crippen LogP contribution in [0.4, 0.5) is 0 Å². The number of rotatable bonds is 4. The molecule has 0 aromatic heterocycles. The molecule has 1 aliphatic rings. The Labute approximate surface area is 128 Å². The molecule has 0 saturated carbocycles. The smallest absolute Gasteiger partial charge is 0.261 e. The van der Waals surface area contributed by atoms with Gasteiger partial charge in [-0.15, -0.1) is 0 Å². The highest BCUT2D eigenvalue weighted by Gasteiger charge is 2.21. The lowest BCUT2D eigenvalue weighted by atomic mass is 10.1. The Balaban J connectivity index is 1.89. The van der Waals surface area contributed by atoms with E-state index in [0.717, 1.165) is 25.9 Å². The van der Waals surface area contributed by atoms with Crippen molar-refractivity contribution in [2.75, 3.05) is 13.1 Å². The molecule has 1 aromatic rings. The molecule has 6 heteroatoms. The molecular weight excluding hydrogens is 299 g/mol. The van der Waals surface area contributed by atoms with Crippen molar-refractivity contribution in [3.05, 3.63) is 28.2 Å². The van der Waals surface area contributed by atoms with Gasteiger partial charge in [0.2, 0.25) is 0 Å². The van der Waals surface area contributed by atoms with Crippen molar-refractivity contribution in [1.29, 1.82) is 0 Å². The first-order chi connectivity index (χ1) is 9.56. The zero-order valence-electron chi connectivity index (χ0n) is 11.3. The zero-order chi connectivity index (χ0) is 14.5. The Morgan fingerprint density at radius 1 is 1.50 bits per heavy atom. The molecular formula is C14H18Cl2N2O2. The fourth-order valence-electron chi connectivity index (χ4n) is 2.11. The van der Waals surface area contributed by atoms with E-state index in [0.29, 0.717) is 15.8 Å². The first-order valence-electron chi connectivity index (χ1n) is 6.69. The van der Waals surface area contributed by atoms with Gasteiger partial charge in [0.25, 0.3) is 5.91 Å². The van der Waals surface area contributed by atoms with Crippen LogP contribution in [0.25, 0.3) is 0 Å². The molecule has 110 valence electrons. The fraction of sp³-hybridized carbons (Fsp3) is 0.500. The summed E-state index contributed by atoms with van der Waals surface area (Å²) in [6.45, 7) is 3.52. The van der Waals surface area contributed by atoms with Crippen LogP contribution in [0.5, 0.6) is 5.75 Å². The number of amides is 1. The minimum Gasteiger partial charge on any atom is -0.479 e. The van der Waals surface area contributed by atoms with Gasteiger partial charge in [0, 0.05) is 17.6 Å².